The number of hydrogen-bond donors (Lipinski definition) is 0. The van der Waals surface area contributed by atoms with E-state index >= 15 is 0 Å². The van der Waals surface area contributed by atoms with Crippen LogP contribution in [-0.2, 0) is 0 Å². The minimum atomic E-state index is -0.286. The van der Waals surface area contributed by atoms with Crippen molar-refractivity contribution in [1.82, 2.24) is 10.1 Å². The highest BCUT2D eigenvalue weighted by Gasteiger charge is 2.10. The molecule has 0 saturated heterocycles. The molecule has 3 nitrogen and oxygen atoms in total. The smallest absolute Gasteiger partial charge is 0.258 e. The maximum Gasteiger partial charge on any atom is 0.258 e. The molecule has 1 heterocycles. The summed E-state index contributed by atoms with van der Waals surface area (Å²) in [5.74, 6) is 0.630. The molecule has 0 unspecified atom stereocenters. The Kier molecular flexibility index (Phi) is 2.83. The van der Waals surface area contributed by atoms with E-state index in [1.54, 1.807) is 12.1 Å². The number of hydrogen-bond acceptors (Lipinski definition) is 3. The minimum absolute atomic E-state index is 0.286. The minimum Gasteiger partial charge on any atom is -0.334 e. The van der Waals surface area contributed by atoms with Crippen LogP contribution in [0.1, 0.15) is 5.56 Å². The first-order chi connectivity index (χ1) is 9.22. The standard InChI is InChI=1S/C15H11FN2O/c1-10-3-2-4-12(9-10)15-17-14(18-19-15)11-5-7-13(16)8-6-11/h2-9H,1H3. The van der Waals surface area contributed by atoms with Gasteiger partial charge in [0, 0.05) is 11.1 Å². The van der Waals surface area contributed by atoms with Crippen molar-refractivity contribution in [2.24, 2.45) is 0 Å². The summed E-state index contributed by atoms with van der Waals surface area (Å²) in [6.07, 6.45) is 0. The van der Waals surface area contributed by atoms with Crippen LogP contribution in [0.3, 0.4) is 0 Å². The van der Waals surface area contributed by atoms with Gasteiger partial charge < -0.3 is 4.52 Å². The van der Waals surface area contributed by atoms with Crippen LogP contribution in [0, 0.1) is 12.7 Å². The summed E-state index contributed by atoms with van der Waals surface area (Å²) in [6, 6.07) is 13.8. The van der Waals surface area contributed by atoms with Gasteiger partial charge in [0.05, 0.1) is 0 Å². The van der Waals surface area contributed by atoms with Gasteiger partial charge in [-0.2, -0.15) is 4.98 Å². The molecule has 0 aliphatic carbocycles. The van der Waals surface area contributed by atoms with E-state index in [9.17, 15) is 4.39 Å². The topological polar surface area (TPSA) is 38.9 Å². The molecule has 3 rings (SSSR count). The molecule has 0 spiro atoms. The lowest BCUT2D eigenvalue weighted by Crippen LogP contribution is -1.82. The Labute approximate surface area is 109 Å². The molecular weight excluding hydrogens is 243 g/mol. The zero-order valence-electron chi connectivity index (χ0n) is 10.3. The summed E-state index contributed by atoms with van der Waals surface area (Å²) >= 11 is 0. The van der Waals surface area contributed by atoms with Crippen molar-refractivity contribution in [3.8, 4) is 22.8 Å². The molecule has 1 aromatic heterocycles. The van der Waals surface area contributed by atoms with Crippen molar-refractivity contribution in [2.45, 2.75) is 6.92 Å². The van der Waals surface area contributed by atoms with E-state index < -0.39 is 0 Å². The molecule has 2 aromatic carbocycles. The molecule has 0 N–H and O–H groups in total. The molecule has 0 radical (unpaired) electrons. The number of aryl methyl sites for hydroxylation is 1. The molecule has 0 fully saturated rings. The van der Waals surface area contributed by atoms with Gasteiger partial charge in [-0.3, -0.25) is 0 Å². The lowest BCUT2D eigenvalue weighted by atomic mass is 10.1. The summed E-state index contributed by atoms with van der Waals surface area (Å²) < 4.78 is 18.1. The zero-order valence-corrected chi connectivity index (χ0v) is 10.3. The second-order valence-corrected chi connectivity index (χ2v) is 4.30. The van der Waals surface area contributed by atoms with E-state index in [0.29, 0.717) is 11.7 Å². The Morgan fingerprint density at radius 1 is 1.00 bits per heavy atom. The summed E-state index contributed by atoms with van der Waals surface area (Å²) in [6.45, 7) is 2.00. The molecule has 3 aromatic rings. The van der Waals surface area contributed by atoms with Crippen LogP contribution < -0.4 is 0 Å². The quantitative estimate of drug-likeness (QED) is 0.697. The highest BCUT2D eigenvalue weighted by atomic mass is 19.1. The molecule has 0 aliphatic rings. The molecule has 0 bridgehead atoms. The third kappa shape index (κ3) is 2.38. The van der Waals surface area contributed by atoms with Gasteiger partial charge in [-0.15, -0.1) is 0 Å². The van der Waals surface area contributed by atoms with Gasteiger partial charge in [0.15, 0.2) is 0 Å². The molecule has 0 aliphatic heterocycles. The predicted molar refractivity (Wildman–Crippen MR) is 69.9 cm³/mol. The normalized spacial score (nSPS) is 10.6. The van der Waals surface area contributed by atoms with Crippen LogP contribution in [-0.4, -0.2) is 10.1 Å². The Bertz CT molecular complexity index is 704. The first-order valence-electron chi connectivity index (χ1n) is 5.89. The van der Waals surface area contributed by atoms with E-state index in [1.807, 2.05) is 31.2 Å². The predicted octanol–water partition coefficient (Wildman–Crippen LogP) is 3.85. The second-order valence-electron chi connectivity index (χ2n) is 4.30. The van der Waals surface area contributed by atoms with Crippen molar-refractivity contribution in [2.75, 3.05) is 0 Å². The Hall–Kier alpha value is -2.49. The SMILES string of the molecule is Cc1cccc(-c2nc(-c3ccc(F)cc3)no2)c1. The van der Waals surface area contributed by atoms with Gasteiger partial charge in [-0.25, -0.2) is 4.39 Å². The summed E-state index contributed by atoms with van der Waals surface area (Å²) in [4.78, 5) is 4.32. The van der Waals surface area contributed by atoms with Crippen LogP contribution in [0.15, 0.2) is 53.1 Å². The zero-order chi connectivity index (χ0) is 13.2. The fraction of sp³-hybridized carbons (Fsp3) is 0.0667. The lowest BCUT2D eigenvalue weighted by molar-refractivity contribution is 0.432. The van der Waals surface area contributed by atoms with Crippen molar-refractivity contribution in [3.63, 3.8) is 0 Å². The van der Waals surface area contributed by atoms with Crippen LogP contribution in [0.2, 0.25) is 0 Å². The van der Waals surface area contributed by atoms with Gasteiger partial charge in [0.2, 0.25) is 5.82 Å². The number of aromatic nitrogens is 2. The Morgan fingerprint density at radius 2 is 1.79 bits per heavy atom. The number of benzene rings is 2. The summed E-state index contributed by atoms with van der Waals surface area (Å²) in [5, 5.41) is 3.91. The molecule has 0 atom stereocenters. The highest BCUT2D eigenvalue weighted by molar-refractivity contribution is 5.60. The highest BCUT2D eigenvalue weighted by Crippen LogP contribution is 2.22. The van der Waals surface area contributed by atoms with Crippen LogP contribution in [0.4, 0.5) is 4.39 Å². The van der Waals surface area contributed by atoms with Crippen molar-refractivity contribution in [1.29, 1.82) is 0 Å². The van der Waals surface area contributed by atoms with Crippen LogP contribution in [0.25, 0.3) is 22.8 Å². The summed E-state index contributed by atoms with van der Waals surface area (Å²) in [5.41, 5.74) is 2.73. The molecule has 0 saturated carbocycles. The molecule has 19 heavy (non-hydrogen) atoms. The van der Waals surface area contributed by atoms with Gasteiger partial charge in [-0.1, -0.05) is 22.9 Å². The third-order valence-corrected chi connectivity index (χ3v) is 2.79. The molecule has 94 valence electrons. The first kappa shape index (κ1) is 11.6. The third-order valence-electron chi connectivity index (χ3n) is 2.79. The monoisotopic (exact) mass is 254 g/mol. The van der Waals surface area contributed by atoms with Crippen LogP contribution in [0.5, 0.6) is 0 Å². The largest absolute Gasteiger partial charge is 0.334 e. The van der Waals surface area contributed by atoms with E-state index in [4.69, 9.17) is 4.52 Å². The van der Waals surface area contributed by atoms with Crippen LogP contribution >= 0.6 is 0 Å². The maximum atomic E-state index is 12.9. The van der Waals surface area contributed by atoms with Gasteiger partial charge in [0.25, 0.3) is 5.89 Å². The van der Waals surface area contributed by atoms with Gasteiger partial charge in [0.1, 0.15) is 5.82 Å². The average molecular weight is 254 g/mol. The Morgan fingerprint density at radius 3 is 2.53 bits per heavy atom. The van der Waals surface area contributed by atoms with E-state index in [-0.39, 0.29) is 5.82 Å². The molecule has 4 heteroatoms. The fourth-order valence-electron chi connectivity index (χ4n) is 1.84. The van der Waals surface area contributed by atoms with Crippen molar-refractivity contribution < 1.29 is 8.91 Å². The summed E-state index contributed by atoms with van der Waals surface area (Å²) in [7, 11) is 0. The first-order valence-corrected chi connectivity index (χ1v) is 5.89. The van der Waals surface area contributed by atoms with E-state index in [2.05, 4.69) is 10.1 Å². The average Bonchev–Trinajstić information content (AvgIpc) is 2.89. The molecular formula is C15H11FN2O. The van der Waals surface area contributed by atoms with E-state index in [0.717, 1.165) is 16.7 Å². The number of rotatable bonds is 2. The lowest BCUT2D eigenvalue weighted by Gasteiger charge is -1.95. The van der Waals surface area contributed by atoms with Crippen molar-refractivity contribution >= 4 is 0 Å². The fourth-order valence-corrected chi connectivity index (χ4v) is 1.84. The van der Waals surface area contributed by atoms with Gasteiger partial charge >= 0.3 is 0 Å². The number of nitrogens with zero attached hydrogens (tertiary/aromatic N) is 2. The number of halogens is 1. The Balaban J connectivity index is 1.97. The maximum absolute atomic E-state index is 12.9. The second kappa shape index (κ2) is 4.65. The van der Waals surface area contributed by atoms with Gasteiger partial charge in [-0.05, 0) is 43.3 Å². The van der Waals surface area contributed by atoms with Crippen molar-refractivity contribution in [3.05, 3.63) is 59.9 Å². The van der Waals surface area contributed by atoms with E-state index in [1.165, 1.54) is 12.1 Å². The molecule has 0 amide bonds.